The number of rotatable bonds is 8. The van der Waals surface area contributed by atoms with Crippen molar-refractivity contribution in [2.75, 3.05) is 18.1 Å². The molecule has 4 heterocycles. The second-order valence-electron chi connectivity index (χ2n) is 9.48. The number of benzene rings is 2. The second kappa shape index (κ2) is 10.5. The van der Waals surface area contributed by atoms with Gasteiger partial charge in [0.1, 0.15) is 33.5 Å². The van der Waals surface area contributed by atoms with Gasteiger partial charge in [0.2, 0.25) is 0 Å². The fourth-order valence-electron chi connectivity index (χ4n) is 4.46. The fourth-order valence-corrected chi connectivity index (χ4v) is 8.95. The molecule has 40 heavy (non-hydrogen) atoms. The number of thiazole rings is 1. The minimum absolute atomic E-state index is 0.0461. The number of carboxylic acids is 1. The summed E-state index contributed by atoms with van der Waals surface area (Å²) in [6.07, 6.45) is -1.30. The molecule has 10 nitrogen and oxygen atoms in total. The first-order valence-electron chi connectivity index (χ1n) is 12.2. The summed E-state index contributed by atoms with van der Waals surface area (Å²) in [5, 5.41) is 11.0. The van der Waals surface area contributed by atoms with Crippen molar-refractivity contribution in [2.24, 2.45) is 4.99 Å². The average Bonchev–Trinajstić information content (AvgIpc) is 3.55. The van der Waals surface area contributed by atoms with Crippen molar-refractivity contribution in [2.45, 2.75) is 36.3 Å². The lowest BCUT2D eigenvalue weighted by molar-refractivity contribution is -0.156. The van der Waals surface area contributed by atoms with Crippen LogP contribution in [0.15, 0.2) is 63.6 Å². The fraction of sp³-hybridized carbons (Fsp3) is 0.308. The zero-order valence-corrected chi connectivity index (χ0v) is 24.5. The van der Waals surface area contributed by atoms with Crippen LogP contribution in [0.25, 0.3) is 10.2 Å². The third-order valence-corrected chi connectivity index (χ3v) is 11.5. The number of nitrogens with zero attached hydrogens (tertiary/aromatic N) is 3. The summed E-state index contributed by atoms with van der Waals surface area (Å²) in [6, 6.07) is 11.8. The molecular weight excluding hydrogens is 595 g/mol. The van der Waals surface area contributed by atoms with E-state index in [9.17, 15) is 23.1 Å². The summed E-state index contributed by atoms with van der Waals surface area (Å²) < 4.78 is 37.6. The maximum absolute atomic E-state index is 12.9. The standard InChI is InChI=1S/C26H23N3O7S4/c1-13-3-6-17(7-4-13)40(33,34)36-21-24(30)29-20(26(31)32)15(12-38-25(21)29)10-35-16-5-8-18-19(9-16)39-23(28-18)22-27-14(2)11-37-22/h3-9,14,21,25H,10-12H2,1-2H3,(H,31,32)/t14-,21-,25+/m0/s1. The van der Waals surface area contributed by atoms with Gasteiger partial charge in [0.25, 0.3) is 16.0 Å². The number of aliphatic carboxylic acids is 1. The Morgan fingerprint density at radius 2 is 1.98 bits per heavy atom. The number of amides is 1. The maximum Gasteiger partial charge on any atom is 0.352 e. The maximum atomic E-state index is 12.9. The highest BCUT2D eigenvalue weighted by Gasteiger charge is 2.56. The molecule has 1 saturated heterocycles. The summed E-state index contributed by atoms with van der Waals surface area (Å²) in [6.45, 7) is 3.85. The van der Waals surface area contributed by atoms with Crippen LogP contribution in [-0.4, -0.2) is 76.0 Å². The van der Waals surface area contributed by atoms with Crippen LogP contribution in [0.1, 0.15) is 17.5 Å². The number of hydrogen-bond acceptors (Lipinski definition) is 11. The molecule has 0 aliphatic carbocycles. The molecule has 3 aliphatic rings. The van der Waals surface area contributed by atoms with Gasteiger partial charge in [-0.3, -0.25) is 14.7 Å². The normalized spacial score (nSPS) is 22.8. The molecule has 1 amide bonds. The molecule has 0 unspecified atom stereocenters. The van der Waals surface area contributed by atoms with Crippen LogP contribution in [0.2, 0.25) is 0 Å². The van der Waals surface area contributed by atoms with Gasteiger partial charge < -0.3 is 9.84 Å². The summed E-state index contributed by atoms with van der Waals surface area (Å²) in [5.41, 5.74) is 1.92. The van der Waals surface area contributed by atoms with Crippen molar-refractivity contribution in [3.63, 3.8) is 0 Å². The van der Waals surface area contributed by atoms with Gasteiger partial charge in [-0.15, -0.1) is 34.9 Å². The van der Waals surface area contributed by atoms with Gasteiger partial charge in [-0.25, -0.2) is 14.0 Å². The number of fused-ring (bicyclic) bond motifs is 2. The molecule has 2 aromatic carbocycles. The van der Waals surface area contributed by atoms with Crippen LogP contribution >= 0.6 is 34.9 Å². The highest BCUT2D eigenvalue weighted by Crippen LogP contribution is 2.43. The lowest BCUT2D eigenvalue weighted by atomic mass is 10.1. The summed E-state index contributed by atoms with van der Waals surface area (Å²) in [5.74, 6) is -0.286. The van der Waals surface area contributed by atoms with E-state index in [1.54, 1.807) is 30.0 Å². The van der Waals surface area contributed by atoms with Crippen molar-refractivity contribution >= 4 is 72.1 Å². The van der Waals surface area contributed by atoms with Crippen molar-refractivity contribution in [3.05, 3.63) is 64.3 Å². The van der Waals surface area contributed by atoms with Gasteiger partial charge in [0.05, 0.1) is 21.2 Å². The number of carboxylic acid groups (broad SMARTS) is 1. The molecule has 6 rings (SSSR count). The number of ether oxygens (including phenoxy) is 1. The molecule has 0 spiro atoms. The predicted octanol–water partition coefficient (Wildman–Crippen LogP) is 3.89. The molecule has 1 N–H and O–H groups in total. The summed E-state index contributed by atoms with van der Waals surface area (Å²) >= 11 is 4.45. The SMILES string of the molecule is Cc1ccc(S(=O)(=O)O[C@H]2C(=O)N3C(C(=O)O)=C(COc4ccc5nc(C6=N[C@@H](C)CS6)sc5c4)CS[C@H]23)cc1. The Morgan fingerprint density at radius 1 is 1.20 bits per heavy atom. The molecule has 0 saturated carbocycles. The van der Waals surface area contributed by atoms with Crippen molar-refractivity contribution in [3.8, 4) is 5.75 Å². The van der Waals surface area contributed by atoms with Crippen molar-refractivity contribution in [1.29, 1.82) is 0 Å². The number of thioether (sulfide) groups is 2. The Morgan fingerprint density at radius 3 is 2.67 bits per heavy atom. The lowest BCUT2D eigenvalue weighted by Crippen LogP contribution is -2.66. The molecule has 0 bridgehead atoms. The van der Waals surface area contributed by atoms with Gasteiger partial charge in [-0.2, -0.15) is 8.42 Å². The van der Waals surface area contributed by atoms with Crippen LogP contribution in [0.4, 0.5) is 0 Å². The monoisotopic (exact) mass is 617 g/mol. The highest BCUT2D eigenvalue weighted by molar-refractivity contribution is 8.15. The number of aliphatic imine (C=N–C) groups is 1. The largest absolute Gasteiger partial charge is 0.489 e. The van der Waals surface area contributed by atoms with E-state index in [0.717, 1.165) is 36.5 Å². The first-order chi connectivity index (χ1) is 19.1. The smallest absolute Gasteiger partial charge is 0.352 e. The Hall–Kier alpha value is -2.91. The van der Waals surface area contributed by atoms with Crippen LogP contribution in [0.5, 0.6) is 5.75 Å². The first kappa shape index (κ1) is 27.3. The van der Waals surface area contributed by atoms with Crippen LogP contribution in [-0.2, 0) is 23.9 Å². The van der Waals surface area contributed by atoms with Gasteiger partial charge in [-0.1, -0.05) is 17.7 Å². The first-order valence-corrected chi connectivity index (χ1v) is 16.5. The van der Waals surface area contributed by atoms with E-state index < -0.39 is 33.5 Å². The summed E-state index contributed by atoms with van der Waals surface area (Å²) in [7, 11) is -4.20. The topological polar surface area (TPSA) is 135 Å². The van der Waals surface area contributed by atoms with E-state index in [2.05, 4.69) is 16.9 Å². The van der Waals surface area contributed by atoms with Crippen molar-refractivity contribution in [1.82, 2.24) is 9.88 Å². The van der Waals surface area contributed by atoms with E-state index in [1.807, 2.05) is 19.1 Å². The number of hydrogen-bond donors (Lipinski definition) is 1. The molecule has 1 aromatic heterocycles. The Balaban J connectivity index is 1.17. The lowest BCUT2D eigenvalue weighted by Gasteiger charge is -2.48. The Kier molecular flexibility index (Phi) is 7.15. The van der Waals surface area contributed by atoms with Crippen molar-refractivity contribution < 1.29 is 32.0 Å². The Bertz CT molecular complexity index is 1700. The molecule has 3 atom stereocenters. The Labute approximate surface area is 242 Å². The third kappa shape index (κ3) is 5.02. The number of aryl methyl sites for hydroxylation is 1. The molecule has 3 aliphatic heterocycles. The summed E-state index contributed by atoms with van der Waals surface area (Å²) in [4.78, 5) is 35.4. The van der Waals surface area contributed by atoms with E-state index >= 15 is 0 Å². The third-order valence-electron chi connectivity index (χ3n) is 6.50. The average molecular weight is 618 g/mol. The van der Waals surface area contributed by atoms with E-state index in [1.165, 1.54) is 35.2 Å². The molecule has 0 radical (unpaired) electrons. The van der Waals surface area contributed by atoms with Gasteiger partial charge >= 0.3 is 5.97 Å². The number of β-lactam (4-membered cyclic amide) rings is 1. The molecular formula is C26H23N3O7S4. The zero-order valence-electron chi connectivity index (χ0n) is 21.3. The number of carbonyl (C=O) groups excluding carboxylic acids is 1. The number of carbonyl (C=O) groups is 2. The van der Waals surface area contributed by atoms with E-state index in [0.29, 0.717) is 11.3 Å². The minimum atomic E-state index is -4.20. The van der Waals surface area contributed by atoms with Gasteiger partial charge in [-0.05, 0) is 44.2 Å². The second-order valence-corrected chi connectivity index (χ2v) is 14.2. The van der Waals surface area contributed by atoms with E-state index in [4.69, 9.17) is 8.92 Å². The van der Waals surface area contributed by atoms with E-state index in [-0.39, 0.29) is 29.0 Å². The molecule has 14 heteroatoms. The van der Waals surface area contributed by atoms with Crippen LogP contribution in [0.3, 0.4) is 0 Å². The van der Waals surface area contributed by atoms with Gasteiger partial charge in [0.15, 0.2) is 6.10 Å². The molecule has 208 valence electrons. The predicted molar refractivity (Wildman–Crippen MR) is 155 cm³/mol. The van der Waals surface area contributed by atoms with Crippen LogP contribution in [0, 0.1) is 6.92 Å². The highest BCUT2D eigenvalue weighted by atomic mass is 32.2. The quantitative estimate of drug-likeness (QED) is 0.293. The van der Waals surface area contributed by atoms with Gasteiger partial charge in [0, 0.05) is 17.1 Å². The number of aromatic nitrogens is 1. The molecule has 3 aromatic rings. The molecule has 1 fully saturated rings. The van der Waals surface area contributed by atoms with Crippen LogP contribution < -0.4 is 4.74 Å². The minimum Gasteiger partial charge on any atom is -0.489 e. The zero-order chi connectivity index (χ0) is 28.2.